The first kappa shape index (κ1) is 24.7. The van der Waals surface area contributed by atoms with Crippen molar-refractivity contribution in [3.8, 4) is 0 Å². The van der Waals surface area contributed by atoms with E-state index in [4.69, 9.17) is 9.40 Å². The van der Waals surface area contributed by atoms with Gasteiger partial charge in [0.15, 0.2) is 5.13 Å². The van der Waals surface area contributed by atoms with Crippen molar-refractivity contribution < 1.29 is 17.6 Å². The van der Waals surface area contributed by atoms with Crippen molar-refractivity contribution in [2.24, 2.45) is 0 Å². The predicted molar refractivity (Wildman–Crippen MR) is 147 cm³/mol. The second-order valence-corrected chi connectivity index (χ2v) is 11.4. The molecule has 2 aromatic heterocycles. The first-order valence-corrected chi connectivity index (χ1v) is 14.0. The third-order valence-electron chi connectivity index (χ3n) is 6.10. The van der Waals surface area contributed by atoms with Gasteiger partial charge in [-0.2, -0.15) is 0 Å². The summed E-state index contributed by atoms with van der Waals surface area (Å²) in [6.45, 7) is 2.29. The molecule has 0 saturated carbocycles. The number of hydrogen-bond acceptors (Lipinski definition) is 6. The molecule has 5 rings (SSSR count). The summed E-state index contributed by atoms with van der Waals surface area (Å²) < 4.78 is 34.0. The van der Waals surface area contributed by atoms with Gasteiger partial charge in [-0.15, -0.1) is 0 Å². The molecule has 0 aliphatic heterocycles. The Balaban J connectivity index is 1.46. The minimum Gasteiger partial charge on any atom is -0.467 e. The minimum atomic E-state index is -3.79. The van der Waals surface area contributed by atoms with Gasteiger partial charge >= 0.3 is 0 Å². The minimum absolute atomic E-state index is 0.0973. The van der Waals surface area contributed by atoms with Crippen molar-refractivity contribution in [2.75, 3.05) is 16.3 Å². The normalized spacial score (nSPS) is 11.5. The Hall–Kier alpha value is -3.95. The van der Waals surface area contributed by atoms with Crippen molar-refractivity contribution in [1.29, 1.82) is 0 Å². The molecule has 0 aliphatic rings. The second kappa shape index (κ2) is 10.2. The van der Waals surface area contributed by atoms with Crippen molar-refractivity contribution in [3.05, 3.63) is 108 Å². The lowest BCUT2D eigenvalue weighted by atomic mass is 10.2. The van der Waals surface area contributed by atoms with Gasteiger partial charge in [-0.3, -0.25) is 14.0 Å². The Bertz CT molecular complexity index is 1630. The molecule has 1 amide bonds. The van der Waals surface area contributed by atoms with E-state index in [1.807, 2.05) is 18.2 Å². The first-order valence-electron chi connectivity index (χ1n) is 11.7. The molecule has 0 unspecified atom stereocenters. The number of anilines is 2. The van der Waals surface area contributed by atoms with E-state index in [1.165, 1.54) is 52.5 Å². The van der Waals surface area contributed by atoms with Gasteiger partial charge in [0.1, 0.15) is 5.76 Å². The highest BCUT2D eigenvalue weighted by molar-refractivity contribution is 7.92. The van der Waals surface area contributed by atoms with E-state index >= 15 is 0 Å². The Morgan fingerprint density at radius 2 is 1.73 bits per heavy atom. The Kier molecular flexibility index (Phi) is 6.82. The van der Waals surface area contributed by atoms with E-state index in [2.05, 4.69) is 13.0 Å². The molecule has 0 saturated heterocycles. The van der Waals surface area contributed by atoms with Gasteiger partial charge in [0.2, 0.25) is 0 Å². The zero-order valence-corrected chi connectivity index (χ0v) is 22.0. The largest absolute Gasteiger partial charge is 0.467 e. The average molecular weight is 532 g/mol. The van der Waals surface area contributed by atoms with Crippen LogP contribution in [0.4, 0.5) is 10.8 Å². The fraction of sp³-hybridized carbons (Fsp3) is 0.143. The lowest BCUT2D eigenvalue weighted by Gasteiger charge is -2.21. The summed E-state index contributed by atoms with van der Waals surface area (Å²) in [7, 11) is -2.28. The van der Waals surface area contributed by atoms with Crippen molar-refractivity contribution in [1.82, 2.24) is 4.98 Å². The topological polar surface area (TPSA) is 83.7 Å². The Morgan fingerprint density at radius 3 is 2.41 bits per heavy atom. The van der Waals surface area contributed by atoms with E-state index in [-0.39, 0.29) is 17.3 Å². The number of carbonyl (C=O) groups excluding carboxylic acids is 1. The van der Waals surface area contributed by atoms with Crippen LogP contribution in [0.5, 0.6) is 0 Å². The maximum Gasteiger partial charge on any atom is 0.264 e. The number of fused-ring (bicyclic) bond motifs is 1. The zero-order chi connectivity index (χ0) is 26.0. The molecule has 7 nitrogen and oxygen atoms in total. The van der Waals surface area contributed by atoms with Crippen molar-refractivity contribution in [2.45, 2.75) is 24.8 Å². The van der Waals surface area contributed by atoms with Crippen LogP contribution < -0.4 is 9.21 Å². The quantitative estimate of drug-likeness (QED) is 0.241. The van der Waals surface area contributed by atoms with Crippen LogP contribution in [0.15, 0.2) is 101 Å². The van der Waals surface area contributed by atoms with Gasteiger partial charge in [-0.05, 0) is 72.6 Å². The molecule has 37 heavy (non-hydrogen) atoms. The molecular formula is C28H25N3O4S2. The number of amides is 1. The smallest absolute Gasteiger partial charge is 0.264 e. The third-order valence-corrected chi connectivity index (χ3v) is 8.94. The summed E-state index contributed by atoms with van der Waals surface area (Å²) >= 11 is 1.44. The van der Waals surface area contributed by atoms with Crippen LogP contribution >= 0.6 is 11.3 Å². The molecule has 0 bridgehead atoms. The summed E-state index contributed by atoms with van der Waals surface area (Å²) in [4.78, 5) is 20.0. The molecule has 0 aliphatic carbocycles. The SMILES string of the molecule is CCc1ccc2nc(N(Cc3ccco3)C(=O)c3ccc(S(=O)(=O)N(C)c4ccccc4)cc3)sc2c1. The molecule has 3 aromatic carbocycles. The zero-order valence-electron chi connectivity index (χ0n) is 20.4. The van der Waals surface area contributed by atoms with Crippen LogP contribution in [-0.2, 0) is 23.0 Å². The lowest BCUT2D eigenvalue weighted by molar-refractivity contribution is 0.0983. The number of thiazole rings is 1. The maximum atomic E-state index is 13.7. The molecular weight excluding hydrogens is 506 g/mol. The third kappa shape index (κ3) is 5.00. The maximum absolute atomic E-state index is 13.7. The molecule has 5 aromatic rings. The summed E-state index contributed by atoms with van der Waals surface area (Å²) in [6, 6.07) is 24.5. The van der Waals surface area contributed by atoms with E-state index in [0.29, 0.717) is 22.1 Å². The standard InChI is InChI=1S/C28H25N3O4S2/c1-3-20-11-16-25-26(18-20)36-28(29-25)31(19-23-10-7-17-35-23)27(32)21-12-14-24(15-13-21)37(33,34)30(2)22-8-5-4-6-9-22/h4-18H,3,19H2,1-2H3. The van der Waals surface area contributed by atoms with Crippen LogP contribution in [0.3, 0.4) is 0 Å². The molecule has 2 heterocycles. The predicted octanol–water partition coefficient (Wildman–Crippen LogP) is 6.12. The van der Waals surface area contributed by atoms with Crippen LogP contribution in [0.25, 0.3) is 10.2 Å². The van der Waals surface area contributed by atoms with Crippen LogP contribution in [-0.4, -0.2) is 26.4 Å². The van der Waals surface area contributed by atoms with Crippen LogP contribution in [0.2, 0.25) is 0 Å². The Labute approximate surface area is 219 Å². The van der Waals surface area contributed by atoms with Crippen LogP contribution in [0.1, 0.15) is 28.6 Å². The fourth-order valence-corrected chi connectivity index (χ4v) is 6.16. The number of aromatic nitrogens is 1. The van der Waals surface area contributed by atoms with Gasteiger partial charge in [0.25, 0.3) is 15.9 Å². The first-order chi connectivity index (χ1) is 17.9. The molecule has 0 fully saturated rings. The molecule has 0 atom stereocenters. The summed E-state index contributed by atoms with van der Waals surface area (Å²) in [5.41, 5.74) is 2.92. The highest BCUT2D eigenvalue weighted by Crippen LogP contribution is 2.32. The monoisotopic (exact) mass is 531 g/mol. The number of sulfonamides is 1. The molecule has 0 radical (unpaired) electrons. The number of nitrogens with zero attached hydrogens (tertiary/aromatic N) is 3. The highest BCUT2D eigenvalue weighted by atomic mass is 32.2. The van der Waals surface area contributed by atoms with Crippen molar-refractivity contribution in [3.63, 3.8) is 0 Å². The number of carbonyl (C=O) groups is 1. The average Bonchev–Trinajstić information content (AvgIpc) is 3.60. The van der Waals surface area contributed by atoms with Gasteiger partial charge in [0.05, 0.1) is 33.6 Å². The number of rotatable bonds is 8. The highest BCUT2D eigenvalue weighted by Gasteiger charge is 2.25. The van der Waals surface area contributed by atoms with Crippen molar-refractivity contribution >= 4 is 48.3 Å². The van der Waals surface area contributed by atoms with E-state index in [9.17, 15) is 13.2 Å². The van der Waals surface area contributed by atoms with Crippen LogP contribution in [0, 0.1) is 0 Å². The molecule has 188 valence electrons. The number of benzene rings is 3. The number of furan rings is 1. The molecule has 9 heteroatoms. The summed E-state index contributed by atoms with van der Waals surface area (Å²) in [5, 5.41) is 0.546. The lowest BCUT2D eigenvalue weighted by Crippen LogP contribution is -2.30. The van der Waals surface area contributed by atoms with Gasteiger partial charge < -0.3 is 4.42 Å². The number of para-hydroxylation sites is 1. The van der Waals surface area contributed by atoms with E-state index in [1.54, 1.807) is 47.6 Å². The van der Waals surface area contributed by atoms with E-state index < -0.39 is 10.0 Å². The Morgan fingerprint density at radius 1 is 0.973 bits per heavy atom. The van der Waals surface area contributed by atoms with Gasteiger partial charge in [-0.1, -0.05) is 42.5 Å². The van der Waals surface area contributed by atoms with E-state index in [0.717, 1.165) is 16.6 Å². The summed E-state index contributed by atoms with van der Waals surface area (Å²) in [6.07, 6.45) is 2.47. The van der Waals surface area contributed by atoms with Gasteiger partial charge in [0, 0.05) is 12.6 Å². The second-order valence-electron chi connectivity index (χ2n) is 8.46. The fourth-order valence-electron chi connectivity index (χ4n) is 3.94. The molecule has 0 spiro atoms. The summed E-state index contributed by atoms with van der Waals surface area (Å²) in [5.74, 6) is 0.317. The number of aryl methyl sites for hydroxylation is 1. The molecule has 0 N–H and O–H groups in total. The number of hydrogen-bond donors (Lipinski definition) is 0. The van der Waals surface area contributed by atoms with Gasteiger partial charge in [-0.25, -0.2) is 13.4 Å².